The number of aromatic nitrogens is 1. The van der Waals surface area contributed by atoms with Crippen molar-refractivity contribution in [2.75, 3.05) is 0 Å². The van der Waals surface area contributed by atoms with Gasteiger partial charge < -0.3 is 10.3 Å². The normalized spacial score (nSPS) is 12.5. The van der Waals surface area contributed by atoms with Gasteiger partial charge in [-0.25, -0.2) is 5.43 Å². The number of rotatable bonds is 6. The zero-order valence-electron chi connectivity index (χ0n) is 16.8. The Morgan fingerprint density at radius 3 is 2.57 bits per heavy atom. The Morgan fingerprint density at radius 1 is 1.13 bits per heavy atom. The largest absolute Gasteiger partial charge is 0.358 e. The summed E-state index contributed by atoms with van der Waals surface area (Å²) >= 11 is 12.0. The molecule has 1 heterocycles. The summed E-state index contributed by atoms with van der Waals surface area (Å²) in [5, 5.41) is 8.48. The lowest BCUT2D eigenvalue weighted by Gasteiger charge is -2.20. The average molecular weight is 445 g/mol. The van der Waals surface area contributed by atoms with Gasteiger partial charge in [-0.3, -0.25) is 9.59 Å². The number of hydrogen-bond donors (Lipinski definition) is 3. The first kappa shape index (κ1) is 21.9. The molecule has 8 heteroatoms. The summed E-state index contributed by atoms with van der Waals surface area (Å²) in [6, 6.07) is 11.6. The highest BCUT2D eigenvalue weighted by molar-refractivity contribution is 6.36. The molecule has 1 unspecified atom stereocenters. The molecule has 0 aliphatic carbocycles. The molecule has 3 N–H and O–H groups in total. The first-order valence-corrected chi connectivity index (χ1v) is 10.2. The van der Waals surface area contributed by atoms with Crippen LogP contribution in [0, 0.1) is 12.8 Å². The van der Waals surface area contributed by atoms with Gasteiger partial charge in [-0.1, -0.05) is 55.2 Å². The minimum absolute atomic E-state index is 0.162. The summed E-state index contributed by atoms with van der Waals surface area (Å²) in [4.78, 5) is 28.5. The molecule has 1 aromatic heterocycles. The molecule has 2 aromatic carbocycles. The maximum Gasteiger partial charge on any atom is 0.262 e. The number of halogens is 2. The Hall–Kier alpha value is -2.83. The van der Waals surface area contributed by atoms with Gasteiger partial charge in [-0.2, -0.15) is 5.10 Å². The van der Waals surface area contributed by atoms with Gasteiger partial charge in [-0.15, -0.1) is 0 Å². The zero-order chi connectivity index (χ0) is 21.8. The molecule has 0 saturated carbocycles. The predicted molar refractivity (Wildman–Crippen MR) is 121 cm³/mol. The standard InChI is InChI=1S/C22H22Cl2N4O2/c1-12(2)20(27-21(29)16-9-8-14(23)10-18(16)24)22(30)28-25-11-17-13(3)26-19-7-5-4-6-15(17)19/h4-12,20,26H,1-3H3,(H,27,29)(H,28,30)/b25-11+. The van der Waals surface area contributed by atoms with Gasteiger partial charge in [0.2, 0.25) is 0 Å². The lowest BCUT2D eigenvalue weighted by Crippen LogP contribution is -2.48. The number of hydrazone groups is 1. The Labute approximate surface area is 184 Å². The smallest absolute Gasteiger partial charge is 0.262 e. The van der Waals surface area contributed by atoms with Gasteiger partial charge >= 0.3 is 0 Å². The molecule has 0 radical (unpaired) electrons. The fraction of sp³-hybridized carbons (Fsp3) is 0.227. The van der Waals surface area contributed by atoms with Gasteiger partial charge in [0.15, 0.2) is 0 Å². The molecule has 6 nitrogen and oxygen atoms in total. The number of fused-ring (bicyclic) bond motifs is 1. The van der Waals surface area contributed by atoms with Crippen LogP contribution in [0.1, 0.15) is 35.5 Å². The van der Waals surface area contributed by atoms with E-state index in [0.29, 0.717) is 5.02 Å². The number of benzene rings is 2. The van der Waals surface area contributed by atoms with Crippen molar-refractivity contribution in [3.63, 3.8) is 0 Å². The van der Waals surface area contributed by atoms with E-state index in [1.54, 1.807) is 12.3 Å². The van der Waals surface area contributed by atoms with Crippen LogP contribution in [0.4, 0.5) is 0 Å². The SMILES string of the molecule is Cc1[nH]c2ccccc2c1/C=N/NC(=O)C(NC(=O)c1ccc(Cl)cc1Cl)C(C)C. The Kier molecular flexibility index (Phi) is 6.80. The number of aromatic amines is 1. The molecule has 0 aliphatic rings. The van der Waals surface area contributed by atoms with Crippen molar-refractivity contribution >= 4 is 52.1 Å². The average Bonchev–Trinajstić information content (AvgIpc) is 3.01. The predicted octanol–water partition coefficient (Wildman–Crippen LogP) is 4.69. The molecular formula is C22H22Cl2N4O2. The fourth-order valence-corrected chi connectivity index (χ4v) is 3.62. The molecule has 1 atom stereocenters. The van der Waals surface area contributed by atoms with E-state index in [2.05, 4.69) is 20.8 Å². The van der Waals surface area contributed by atoms with Crippen LogP contribution in [-0.2, 0) is 4.79 Å². The van der Waals surface area contributed by atoms with E-state index < -0.39 is 17.9 Å². The van der Waals surface area contributed by atoms with E-state index in [4.69, 9.17) is 23.2 Å². The van der Waals surface area contributed by atoms with Crippen LogP contribution in [0.25, 0.3) is 10.9 Å². The van der Waals surface area contributed by atoms with Crippen LogP contribution in [0.2, 0.25) is 10.0 Å². The van der Waals surface area contributed by atoms with E-state index in [9.17, 15) is 9.59 Å². The van der Waals surface area contributed by atoms with Crippen LogP contribution in [0.15, 0.2) is 47.6 Å². The highest BCUT2D eigenvalue weighted by atomic mass is 35.5. The second-order valence-corrected chi connectivity index (χ2v) is 8.11. The molecular weight excluding hydrogens is 423 g/mol. The van der Waals surface area contributed by atoms with Crippen molar-refractivity contribution in [1.29, 1.82) is 0 Å². The lowest BCUT2D eigenvalue weighted by molar-refractivity contribution is -0.123. The number of carbonyl (C=O) groups is 2. The van der Waals surface area contributed by atoms with E-state index in [0.717, 1.165) is 22.2 Å². The van der Waals surface area contributed by atoms with Crippen molar-refractivity contribution < 1.29 is 9.59 Å². The molecule has 0 aliphatic heterocycles. The monoisotopic (exact) mass is 444 g/mol. The second kappa shape index (κ2) is 9.32. The quantitative estimate of drug-likeness (QED) is 0.380. The van der Waals surface area contributed by atoms with E-state index in [1.165, 1.54) is 12.1 Å². The number of nitrogens with one attached hydrogen (secondary N) is 3. The first-order valence-electron chi connectivity index (χ1n) is 9.44. The minimum atomic E-state index is -0.787. The summed E-state index contributed by atoms with van der Waals surface area (Å²) in [7, 11) is 0. The minimum Gasteiger partial charge on any atom is -0.358 e. The number of H-pyrrole nitrogens is 1. The van der Waals surface area contributed by atoms with Crippen molar-refractivity contribution in [1.82, 2.24) is 15.7 Å². The maximum atomic E-state index is 12.7. The van der Waals surface area contributed by atoms with Gasteiger partial charge in [0.25, 0.3) is 11.8 Å². The van der Waals surface area contributed by atoms with Crippen LogP contribution in [0.5, 0.6) is 0 Å². The molecule has 30 heavy (non-hydrogen) atoms. The number of hydrogen-bond acceptors (Lipinski definition) is 3. The highest BCUT2D eigenvalue weighted by Gasteiger charge is 2.25. The summed E-state index contributed by atoms with van der Waals surface area (Å²) in [6.07, 6.45) is 1.60. The summed E-state index contributed by atoms with van der Waals surface area (Å²) < 4.78 is 0. The van der Waals surface area contributed by atoms with Crippen LogP contribution >= 0.6 is 23.2 Å². The zero-order valence-corrected chi connectivity index (χ0v) is 18.3. The van der Waals surface area contributed by atoms with E-state index in [1.807, 2.05) is 45.0 Å². The molecule has 0 fully saturated rings. The van der Waals surface area contributed by atoms with Gasteiger partial charge in [0.05, 0.1) is 16.8 Å². The molecule has 0 spiro atoms. The summed E-state index contributed by atoms with van der Waals surface area (Å²) in [5.74, 6) is -1.04. The third-order valence-electron chi connectivity index (χ3n) is 4.72. The van der Waals surface area contributed by atoms with E-state index >= 15 is 0 Å². The van der Waals surface area contributed by atoms with E-state index in [-0.39, 0.29) is 16.5 Å². The maximum absolute atomic E-state index is 12.7. The number of para-hydroxylation sites is 1. The summed E-state index contributed by atoms with van der Waals surface area (Å²) in [6.45, 7) is 5.61. The molecule has 3 aromatic rings. The lowest BCUT2D eigenvalue weighted by atomic mass is 10.0. The van der Waals surface area contributed by atoms with Crippen molar-refractivity contribution in [2.45, 2.75) is 26.8 Å². The number of nitrogens with zero attached hydrogens (tertiary/aromatic N) is 1. The van der Waals surface area contributed by atoms with Crippen molar-refractivity contribution in [3.05, 3.63) is 69.3 Å². The topological polar surface area (TPSA) is 86.3 Å². The van der Waals surface area contributed by atoms with Crippen LogP contribution < -0.4 is 10.7 Å². The van der Waals surface area contributed by atoms with Gasteiger partial charge in [0.1, 0.15) is 6.04 Å². The van der Waals surface area contributed by atoms with Crippen molar-refractivity contribution in [3.8, 4) is 0 Å². The van der Waals surface area contributed by atoms with Crippen molar-refractivity contribution in [2.24, 2.45) is 11.0 Å². The Balaban J connectivity index is 1.71. The number of amides is 2. The third kappa shape index (κ3) is 4.83. The van der Waals surface area contributed by atoms with Gasteiger partial charge in [-0.05, 0) is 37.1 Å². The number of carbonyl (C=O) groups excluding carboxylic acids is 2. The first-order chi connectivity index (χ1) is 14.3. The van der Waals surface area contributed by atoms with Crippen LogP contribution in [-0.4, -0.2) is 29.1 Å². The molecule has 2 amide bonds. The third-order valence-corrected chi connectivity index (χ3v) is 5.27. The second-order valence-electron chi connectivity index (χ2n) is 7.26. The fourth-order valence-electron chi connectivity index (χ4n) is 3.12. The molecule has 0 saturated heterocycles. The molecule has 156 valence electrons. The molecule has 3 rings (SSSR count). The molecule has 0 bridgehead atoms. The van der Waals surface area contributed by atoms with Crippen LogP contribution in [0.3, 0.4) is 0 Å². The van der Waals surface area contributed by atoms with Gasteiger partial charge in [0, 0.05) is 27.2 Å². The summed E-state index contributed by atoms with van der Waals surface area (Å²) in [5.41, 5.74) is 5.60. The highest BCUT2D eigenvalue weighted by Crippen LogP contribution is 2.22. The Morgan fingerprint density at radius 2 is 1.87 bits per heavy atom. The number of aryl methyl sites for hydroxylation is 1. The Bertz CT molecular complexity index is 1120.